The molecular formula is C14H10ClN3O. The largest absolute Gasteiger partial charge is 0.331 e. The van der Waals surface area contributed by atoms with Crippen LogP contribution in [0, 0.1) is 11.3 Å². The van der Waals surface area contributed by atoms with Crippen molar-refractivity contribution in [2.75, 3.05) is 0 Å². The highest BCUT2D eigenvalue weighted by Crippen LogP contribution is 2.12. The topological polar surface area (TPSA) is 65.8 Å². The summed E-state index contributed by atoms with van der Waals surface area (Å²) in [5.41, 5.74) is 0.952. The third-order valence-electron chi connectivity index (χ3n) is 2.50. The average molecular weight is 272 g/mol. The van der Waals surface area contributed by atoms with Crippen LogP contribution in [0.4, 0.5) is 0 Å². The molecule has 1 heterocycles. The lowest BCUT2D eigenvalue weighted by molar-refractivity contribution is 0.0940. The van der Waals surface area contributed by atoms with E-state index in [9.17, 15) is 4.79 Å². The maximum absolute atomic E-state index is 11.9. The molecule has 0 radical (unpaired) electrons. The van der Waals surface area contributed by atoms with E-state index in [0.29, 0.717) is 5.02 Å². The van der Waals surface area contributed by atoms with Gasteiger partial charge in [-0.25, -0.2) is 4.98 Å². The second-order valence-electron chi connectivity index (χ2n) is 3.81. The first-order chi connectivity index (χ1) is 9.20. The fourth-order valence-electron chi connectivity index (χ4n) is 1.55. The number of aromatic nitrogens is 1. The van der Waals surface area contributed by atoms with Gasteiger partial charge < -0.3 is 5.32 Å². The number of rotatable bonds is 3. The summed E-state index contributed by atoms with van der Waals surface area (Å²) in [6.45, 7) is 0. The van der Waals surface area contributed by atoms with E-state index >= 15 is 0 Å². The van der Waals surface area contributed by atoms with E-state index in [1.807, 2.05) is 24.3 Å². The first-order valence-electron chi connectivity index (χ1n) is 5.57. The van der Waals surface area contributed by atoms with Crippen molar-refractivity contribution in [2.45, 2.75) is 6.04 Å². The molecular weight excluding hydrogens is 262 g/mol. The molecule has 5 heteroatoms. The summed E-state index contributed by atoms with van der Waals surface area (Å²) >= 11 is 5.70. The molecule has 94 valence electrons. The Hall–Kier alpha value is -2.38. The summed E-state index contributed by atoms with van der Waals surface area (Å²) < 4.78 is 0. The molecule has 1 aromatic heterocycles. The average Bonchev–Trinajstić information content (AvgIpc) is 2.46. The summed E-state index contributed by atoms with van der Waals surface area (Å²) in [7, 11) is 0. The Morgan fingerprint density at radius 3 is 2.58 bits per heavy atom. The van der Waals surface area contributed by atoms with Gasteiger partial charge >= 0.3 is 0 Å². The number of nitrogens with one attached hydrogen (secondary N) is 1. The van der Waals surface area contributed by atoms with Crippen molar-refractivity contribution in [3.8, 4) is 6.07 Å². The molecule has 4 nitrogen and oxygen atoms in total. The molecule has 1 unspecified atom stereocenters. The Labute approximate surface area is 115 Å². The SMILES string of the molecule is N#CC(NC(=O)c1ccc(Cl)cn1)c1ccccc1. The van der Waals surface area contributed by atoms with Crippen molar-refractivity contribution in [3.63, 3.8) is 0 Å². The molecule has 1 amide bonds. The van der Waals surface area contributed by atoms with Crippen LogP contribution in [0.2, 0.25) is 5.02 Å². The fourth-order valence-corrected chi connectivity index (χ4v) is 1.66. The molecule has 2 aromatic rings. The summed E-state index contributed by atoms with van der Waals surface area (Å²) in [6, 6.07) is 13.5. The van der Waals surface area contributed by atoms with Gasteiger partial charge in [0, 0.05) is 6.20 Å². The van der Waals surface area contributed by atoms with Crippen molar-refractivity contribution in [2.24, 2.45) is 0 Å². The highest BCUT2D eigenvalue weighted by atomic mass is 35.5. The lowest BCUT2D eigenvalue weighted by atomic mass is 10.1. The molecule has 0 saturated carbocycles. The van der Waals surface area contributed by atoms with Crippen LogP contribution < -0.4 is 5.32 Å². The predicted molar refractivity (Wildman–Crippen MR) is 71.5 cm³/mol. The van der Waals surface area contributed by atoms with Crippen LogP contribution in [-0.4, -0.2) is 10.9 Å². The van der Waals surface area contributed by atoms with Crippen LogP contribution in [0.25, 0.3) is 0 Å². The Morgan fingerprint density at radius 1 is 1.26 bits per heavy atom. The van der Waals surface area contributed by atoms with Gasteiger partial charge in [0.15, 0.2) is 0 Å². The number of hydrogen-bond acceptors (Lipinski definition) is 3. The van der Waals surface area contributed by atoms with Gasteiger partial charge in [-0.15, -0.1) is 0 Å². The van der Waals surface area contributed by atoms with E-state index in [1.165, 1.54) is 12.3 Å². The highest BCUT2D eigenvalue weighted by molar-refractivity contribution is 6.30. The van der Waals surface area contributed by atoms with Crippen molar-refractivity contribution in [3.05, 3.63) is 64.9 Å². The summed E-state index contributed by atoms with van der Waals surface area (Å²) in [5.74, 6) is -0.410. The zero-order valence-electron chi connectivity index (χ0n) is 9.88. The number of halogens is 1. The maximum Gasteiger partial charge on any atom is 0.271 e. The van der Waals surface area contributed by atoms with Crippen molar-refractivity contribution < 1.29 is 4.79 Å². The molecule has 0 aliphatic rings. The lowest BCUT2D eigenvalue weighted by Crippen LogP contribution is -2.28. The second-order valence-corrected chi connectivity index (χ2v) is 4.24. The minimum Gasteiger partial charge on any atom is -0.331 e. The van der Waals surface area contributed by atoms with Crippen molar-refractivity contribution in [1.82, 2.24) is 10.3 Å². The summed E-state index contributed by atoms with van der Waals surface area (Å²) in [5, 5.41) is 12.2. The van der Waals surface area contributed by atoms with Crippen LogP contribution in [0.1, 0.15) is 22.1 Å². The molecule has 0 aliphatic heterocycles. The number of carbonyl (C=O) groups is 1. The van der Waals surface area contributed by atoms with Crippen LogP contribution in [0.15, 0.2) is 48.7 Å². The van der Waals surface area contributed by atoms with E-state index < -0.39 is 11.9 Å². The Morgan fingerprint density at radius 2 is 2.00 bits per heavy atom. The van der Waals surface area contributed by atoms with Crippen molar-refractivity contribution in [1.29, 1.82) is 5.26 Å². The molecule has 0 bridgehead atoms. The molecule has 2 rings (SSSR count). The number of nitrogens with zero attached hydrogens (tertiary/aromatic N) is 2. The predicted octanol–water partition coefficient (Wildman–Crippen LogP) is 2.73. The Bertz CT molecular complexity index is 605. The lowest BCUT2D eigenvalue weighted by Gasteiger charge is -2.11. The molecule has 19 heavy (non-hydrogen) atoms. The minimum absolute atomic E-state index is 0.223. The maximum atomic E-state index is 11.9. The fraction of sp³-hybridized carbons (Fsp3) is 0.0714. The molecule has 0 aliphatic carbocycles. The molecule has 0 spiro atoms. The van der Waals surface area contributed by atoms with Gasteiger partial charge in [-0.2, -0.15) is 5.26 Å². The normalized spacial score (nSPS) is 11.4. The van der Waals surface area contributed by atoms with Gasteiger partial charge in [0.2, 0.25) is 0 Å². The van der Waals surface area contributed by atoms with Crippen LogP contribution >= 0.6 is 11.6 Å². The van der Waals surface area contributed by atoms with E-state index in [2.05, 4.69) is 10.3 Å². The third kappa shape index (κ3) is 3.30. The number of nitriles is 1. The van der Waals surface area contributed by atoms with E-state index in [4.69, 9.17) is 16.9 Å². The van der Waals surface area contributed by atoms with Gasteiger partial charge in [-0.3, -0.25) is 4.79 Å². The molecule has 1 aromatic carbocycles. The van der Waals surface area contributed by atoms with Crippen LogP contribution in [0.5, 0.6) is 0 Å². The van der Waals surface area contributed by atoms with Gasteiger partial charge in [-0.1, -0.05) is 41.9 Å². The zero-order chi connectivity index (χ0) is 13.7. The molecule has 1 N–H and O–H groups in total. The van der Waals surface area contributed by atoms with Gasteiger partial charge in [-0.05, 0) is 17.7 Å². The van der Waals surface area contributed by atoms with Crippen LogP contribution in [-0.2, 0) is 0 Å². The number of pyridine rings is 1. The summed E-state index contributed by atoms with van der Waals surface area (Å²) in [6.07, 6.45) is 1.39. The number of benzene rings is 1. The Balaban J connectivity index is 2.13. The third-order valence-corrected chi connectivity index (χ3v) is 2.72. The number of hydrogen-bond donors (Lipinski definition) is 1. The molecule has 0 saturated heterocycles. The molecule has 1 atom stereocenters. The molecule has 0 fully saturated rings. The Kier molecular flexibility index (Phi) is 4.11. The zero-order valence-corrected chi connectivity index (χ0v) is 10.6. The van der Waals surface area contributed by atoms with Gasteiger partial charge in [0.05, 0.1) is 11.1 Å². The quantitative estimate of drug-likeness (QED) is 0.933. The van der Waals surface area contributed by atoms with E-state index in [0.717, 1.165) is 5.56 Å². The van der Waals surface area contributed by atoms with Crippen molar-refractivity contribution >= 4 is 17.5 Å². The highest BCUT2D eigenvalue weighted by Gasteiger charge is 2.15. The van der Waals surface area contributed by atoms with Crippen LogP contribution in [0.3, 0.4) is 0 Å². The van der Waals surface area contributed by atoms with E-state index in [-0.39, 0.29) is 5.69 Å². The first-order valence-corrected chi connectivity index (χ1v) is 5.95. The standard InChI is InChI=1S/C14H10ClN3O/c15-11-6-7-12(17-9-11)14(19)18-13(8-16)10-4-2-1-3-5-10/h1-7,9,13H,(H,18,19). The smallest absolute Gasteiger partial charge is 0.271 e. The minimum atomic E-state index is -0.703. The second kappa shape index (κ2) is 5.98. The van der Waals surface area contributed by atoms with Gasteiger partial charge in [0.25, 0.3) is 5.91 Å². The number of carbonyl (C=O) groups excluding carboxylic acids is 1. The summed E-state index contributed by atoms with van der Waals surface area (Å²) in [4.78, 5) is 15.8. The number of amides is 1. The van der Waals surface area contributed by atoms with Gasteiger partial charge in [0.1, 0.15) is 11.7 Å². The monoisotopic (exact) mass is 271 g/mol. The van der Waals surface area contributed by atoms with E-state index in [1.54, 1.807) is 18.2 Å². The first kappa shape index (κ1) is 13.1.